The predicted molar refractivity (Wildman–Crippen MR) is 205 cm³/mol. The number of nitrogens with zero attached hydrogens (tertiary/aromatic N) is 5. The van der Waals surface area contributed by atoms with Crippen LogP contribution in [0.5, 0.6) is 0 Å². The molecule has 1 aliphatic heterocycles. The molecule has 0 radical (unpaired) electrons. The molecule has 10 nitrogen and oxygen atoms in total. The Labute approximate surface area is 317 Å². The first-order chi connectivity index (χ1) is 24.7. The largest absolute Gasteiger partial charge is 0.481 e. The molecule has 0 unspecified atom stereocenters. The highest BCUT2D eigenvalue weighted by Crippen LogP contribution is 2.75. The predicted octanol–water partition coefficient (Wildman–Crippen LogP) is 8.01. The van der Waals surface area contributed by atoms with Crippen molar-refractivity contribution in [2.45, 2.75) is 132 Å². The fourth-order valence-electron chi connectivity index (χ4n) is 12.7. The van der Waals surface area contributed by atoms with Crippen molar-refractivity contribution in [1.29, 1.82) is 0 Å². The number of hydrogen-bond acceptors (Lipinski definition) is 8. The van der Waals surface area contributed by atoms with E-state index < -0.39 is 17.4 Å². The third kappa shape index (κ3) is 5.45. The van der Waals surface area contributed by atoms with Crippen molar-refractivity contribution in [3.63, 3.8) is 0 Å². The molecule has 292 valence electrons. The van der Waals surface area contributed by atoms with Gasteiger partial charge in [-0.05, 0) is 90.8 Å². The van der Waals surface area contributed by atoms with Gasteiger partial charge in [-0.15, -0.1) is 0 Å². The number of aromatic nitrogens is 5. The van der Waals surface area contributed by atoms with E-state index in [1.807, 2.05) is 0 Å². The number of nitrogens with two attached hydrogens (primary N) is 1. The molecule has 12 atom stereocenters. The van der Waals surface area contributed by atoms with Crippen molar-refractivity contribution in [1.82, 2.24) is 24.7 Å². The van der Waals surface area contributed by atoms with Crippen molar-refractivity contribution in [2.75, 3.05) is 19.8 Å². The zero-order valence-corrected chi connectivity index (χ0v) is 34.3. The Morgan fingerprint density at radius 2 is 1.74 bits per heavy atom. The summed E-state index contributed by atoms with van der Waals surface area (Å²) in [6, 6.07) is -0.150. The van der Waals surface area contributed by atoms with Crippen LogP contribution in [0, 0.1) is 62.1 Å². The molecular formula is C43H66N6O4. The van der Waals surface area contributed by atoms with Gasteiger partial charge in [0, 0.05) is 28.8 Å². The third-order valence-corrected chi connectivity index (χ3v) is 17.1. The van der Waals surface area contributed by atoms with Gasteiger partial charge in [0.15, 0.2) is 5.82 Å². The van der Waals surface area contributed by atoms with Crippen LogP contribution >= 0.6 is 0 Å². The maximum absolute atomic E-state index is 13.6. The second-order valence-electron chi connectivity index (χ2n) is 20.7. The lowest BCUT2D eigenvalue weighted by atomic mass is 9.34. The maximum Gasteiger partial charge on any atom is 0.307 e. The Morgan fingerprint density at radius 1 is 1.04 bits per heavy atom. The molecule has 3 N–H and O–H groups in total. The Morgan fingerprint density at radius 3 is 2.38 bits per heavy atom. The van der Waals surface area contributed by atoms with E-state index in [4.69, 9.17) is 25.3 Å². The van der Waals surface area contributed by atoms with Crippen LogP contribution in [0.25, 0.3) is 11.4 Å². The van der Waals surface area contributed by atoms with Crippen LogP contribution in [0.2, 0.25) is 0 Å². The third-order valence-electron chi connectivity index (χ3n) is 17.1. The van der Waals surface area contributed by atoms with Gasteiger partial charge in [0.2, 0.25) is 0 Å². The zero-order valence-electron chi connectivity index (χ0n) is 34.3. The normalized spacial score (nSPS) is 41.4. The monoisotopic (exact) mass is 731 g/mol. The maximum atomic E-state index is 13.6. The fraction of sp³-hybridized carbons (Fsp3) is 0.791. The van der Waals surface area contributed by atoms with Gasteiger partial charge in [-0.25, -0.2) is 19.6 Å². The van der Waals surface area contributed by atoms with E-state index in [2.05, 4.69) is 96.9 Å². The van der Waals surface area contributed by atoms with Crippen molar-refractivity contribution in [3.8, 4) is 11.4 Å². The molecule has 4 aliphatic carbocycles. The van der Waals surface area contributed by atoms with E-state index in [-0.39, 0.29) is 50.6 Å². The summed E-state index contributed by atoms with van der Waals surface area (Å²) in [6.07, 6.45) is 14.7. The van der Waals surface area contributed by atoms with E-state index in [0.717, 1.165) is 49.9 Å². The molecule has 2 aromatic heterocycles. The summed E-state index contributed by atoms with van der Waals surface area (Å²) in [5.41, 5.74) is 7.17. The molecule has 4 fully saturated rings. The highest BCUT2D eigenvalue weighted by molar-refractivity contribution is 5.73. The molecule has 2 bridgehead atoms. The van der Waals surface area contributed by atoms with Crippen LogP contribution in [-0.4, -0.2) is 67.3 Å². The minimum atomic E-state index is -0.630. The number of fused-ring (bicyclic) bond motifs is 3. The summed E-state index contributed by atoms with van der Waals surface area (Å²) in [5, 5.41) is 16.1. The van der Waals surface area contributed by atoms with Gasteiger partial charge in [0.05, 0.1) is 43.4 Å². The van der Waals surface area contributed by atoms with E-state index in [1.54, 1.807) is 18.7 Å². The Hall–Kier alpha value is -2.69. The quantitative estimate of drug-likeness (QED) is 0.259. The van der Waals surface area contributed by atoms with Crippen LogP contribution in [0.4, 0.5) is 0 Å². The first-order valence-electron chi connectivity index (χ1n) is 20.2. The second kappa shape index (κ2) is 12.7. The first kappa shape index (κ1) is 38.6. The first-order valence-corrected chi connectivity index (χ1v) is 20.2. The summed E-state index contributed by atoms with van der Waals surface area (Å²) in [7, 11) is 0. The van der Waals surface area contributed by atoms with Crippen LogP contribution in [0.1, 0.15) is 121 Å². The van der Waals surface area contributed by atoms with Gasteiger partial charge < -0.3 is 20.3 Å². The van der Waals surface area contributed by atoms with E-state index in [0.29, 0.717) is 37.6 Å². The standard InChI is InChI=1S/C43H66N6O4/c1-26(2)27(3)38(7)16-17-40(9)29-12-13-32-39(8)21-52-23-43(32,30(29)14-15-41(40,10)33(38)36(50)51)18-31(34(39)53-22-42(11,44)37(4,5)6)49-35(47-25-48-49)28-19-45-24-46-20-28/h14,19-20,24-27,29,31-34H,12-13,15-18,21-23,44H2,1-11H3,(H,50,51)/t27-,29+,31-,32+,33-,34+,38-,39+,40-,41+,42+,43+/m1/s1. The molecule has 5 aliphatic rings. The molecule has 0 amide bonds. The molecule has 0 spiro atoms. The molecule has 2 aromatic rings. The van der Waals surface area contributed by atoms with Gasteiger partial charge >= 0.3 is 5.97 Å². The Bertz CT molecular complexity index is 1730. The minimum Gasteiger partial charge on any atom is -0.481 e. The van der Waals surface area contributed by atoms with Crippen LogP contribution in [-0.2, 0) is 14.3 Å². The molecule has 3 saturated carbocycles. The van der Waals surface area contributed by atoms with Gasteiger partial charge in [-0.1, -0.05) is 80.9 Å². The number of rotatable bonds is 8. The van der Waals surface area contributed by atoms with E-state index >= 15 is 0 Å². The van der Waals surface area contributed by atoms with Gasteiger partial charge in [-0.2, -0.15) is 5.10 Å². The topological polar surface area (TPSA) is 138 Å². The van der Waals surface area contributed by atoms with Crippen LogP contribution < -0.4 is 5.73 Å². The number of hydrogen-bond donors (Lipinski definition) is 2. The summed E-state index contributed by atoms with van der Waals surface area (Å²) in [5.74, 6) is 0.984. The fourth-order valence-corrected chi connectivity index (χ4v) is 12.7. The van der Waals surface area contributed by atoms with Crippen molar-refractivity contribution >= 4 is 5.97 Å². The van der Waals surface area contributed by atoms with Gasteiger partial charge in [0.25, 0.3) is 0 Å². The smallest absolute Gasteiger partial charge is 0.307 e. The molecule has 1 saturated heterocycles. The second-order valence-corrected chi connectivity index (χ2v) is 20.7. The van der Waals surface area contributed by atoms with Crippen LogP contribution in [0.15, 0.2) is 36.7 Å². The van der Waals surface area contributed by atoms with Gasteiger partial charge in [-0.3, -0.25) is 4.79 Å². The number of allylic oxidation sites excluding steroid dienone is 1. The number of carbonyl (C=O) groups is 1. The summed E-state index contributed by atoms with van der Waals surface area (Å²) < 4.78 is 16.1. The summed E-state index contributed by atoms with van der Waals surface area (Å²) in [4.78, 5) is 27.0. The lowest BCUT2D eigenvalue weighted by molar-refractivity contribution is -0.253. The number of carboxylic acids is 1. The molecule has 10 heteroatoms. The van der Waals surface area contributed by atoms with Crippen molar-refractivity contribution in [2.24, 2.45) is 67.8 Å². The van der Waals surface area contributed by atoms with E-state index in [1.165, 1.54) is 11.9 Å². The Kier molecular flexibility index (Phi) is 9.22. The summed E-state index contributed by atoms with van der Waals surface area (Å²) in [6.45, 7) is 26.5. The summed E-state index contributed by atoms with van der Waals surface area (Å²) >= 11 is 0. The number of carboxylic acid groups (broad SMARTS) is 1. The van der Waals surface area contributed by atoms with E-state index in [9.17, 15) is 9.90 Å². The lowest BCUT2D eigenvalue weighted by Crippen LogP contribution is -2.69. The highest BCUT2D eigenvalue weighted by Gasteiger charge is 2.72. The molecule has 3 heterocycles. The minimum absolute atomic E-state index is 0.150. The molecular weight excluding hydrogens is 665 g/mol. The molecule has 53 heavy (non-hydrogen) atoms. The zero-order chi connectivity index (χ0) is 38.6. The number of ether oxygens (including phenoxy) is 2. The van der Waals surface area contributed by atoms with Crippen molar-refractivity contribution in [3.05, 3.63) is 36.7 Å². The van der Waals surface area contributed by atoms with Crippen molar-refractivity contribution < 1.29 is 19.4 Å². The Balaban J connectivity index is 1.35. The number of aliphatic carboxylic acids is 1. The molecule has 0 aromatic carbocycles. The average Bonchev–Trinajstić information content (AvgIpc) is 3.57. The lowest BCUT2D eigenvalue weighted by Gasteiger charge is -2.71. The SMILES string of the molecule is CC(C)[C@@H](C)[C@@]1(C)CC[C@]2(C)[C@H]3CC[C@@H]4[C@@]5(COC[C@]4(C)[C@@H](OC[C@](C)(N)C(C)(C)C)[C@H](n4ncnc4-c4cncnc4)C5)C3=CC[C@@]2(C)[C@@H]1C(=O)O. The average molecular weight is 731 g/mol. The van der Waals surface area contributed by atoms with Crippen LogP contribution in [0.3, 0.4) is 0 Å². The molecule has 7 rings (SSSR count). The van der Waals surface area contributed by atoms with Gasteiger partial charge in [0.1, 0.15) is 12.7 Å². The highest BCUT2D eigenvalue weighted by atomic mass is 16.5.